The van der Waals surface area contributed by atoms with Crippen molar-refractivity contribution in [2.24, 2.45) is 16.1 Å². The summed E-state index contributed by atoms with van der Waals surface area (Å²) in [6.45, 7) is 4.87. The Morgan fingerprint density at radius 3 is 2.40 bits per heavy atom. The van der Waals surface area contributed by atoms with Crippen LogP contribution < -0.4 is 11.1 Å². The quantitative estimate of drug-likeness (QED) is 0.587. The number of nitrogens with zero attached hydrogens (tertiary/aromatic N) is 1. The zero-order valence-corrected chi connectivity index (χ0v) is 12.4. The number of rotatable bonds is 3. The SMILES string of the molecule is CC1(C)CCC(O)(CN=C(N)Nc2ccccc2)CC1. The molecule has 4 nitrogen and oxygen atoms in total. The summed E-state index contributed by atoms with van der Waals surface area (Å²) in [5.41, 5.74) is 6.41. The van der Waals surface area contributed by atoms with Gasteiger partial charge in [0, 0.05) is 5.69 Å². The monoisotopic (exact) mass is 275 g/mol. The van der Waals surface area contributed by atoms with Crippen LogP contribution >= 0.6 is 0 Å². The Labute approximate surface area is 121 Å². The van der Waals surface area contributed by atoms with E-state index < -0.39 is 5.60 Å². The molecule has 0 radical (unpaired) electrons. The van der Waals surface area contributed by atoms with Gasteiger partial charge in [0.05, 0.1) is 12.1 Å². The van der Waals surface area contributed by atoms with Crippen LogP contribution in [0.5, 0.6) is 0 Å². The fourth-order valence-corrected chi connectivity index (χ4v) is 2.49. The highest BCUT2D eigenvalue weighted by Gasteiger charge is 2.36. The Kier molecular flexibility index (Phi) is 4.33. The van der Waals surface area contributed by atoms with E-state index in [1.54, 1.807) is 0 Å². The van der Waals surface area contributed by atoms with Gasteiger partial charge in [-0.1, -0.05) is 32.0 Å². The van der Waals surface area contributed by atoms with Gasteiger partial charge < -0.3 is 16.2 Å². The fourth-order valence-electron chi connectivity index (χ4n) is 2.49. The van der Waals surface area contributed by atoms with E-state index in [1.165, 1.54) is 0 Å². The van der Waals surface area contributed by atoms with Gasteiger partial charge in [0.1, 0.15) is 0 Å². The maximum Gasteiger partial charge on any atom is 0.193 e. The van der Waals surface area contributed by atoms with E-state index in [4.69, 9.17) is 5.73 Å². The highest BCUT2D eigenvalue weighted by atomic mass is 16.3. The lowest BCUT2D eigenvalue weighted by molar-refractivity contribution is -0.0174. The molecule has 0 unspecified atom stereocenters. The van der Waals surface area contributed by atoms with Gasteiger partial charge in [-0.25, -0.2) is 0 Å². The van der Waals surface area contributed by atoms with E-state index in [9.17, 15) is 5.11 Å². The van der Waals surface area contributed by atoms with Gasteiger partial charge in [0.2, 0.25) is 0 Å². The van der Waals surface area contributed by atoms with Crippen LogP contribution in [0.1, 0.15) is 39.5 Å². The molecule has 2 rings (SSSR count). The number of benzene rings is 1. The van der Waals surface area contributed by atoms with Crippen molar-refractivity contribution >= 4 is 11.6 Å². The van der Waals surface area contributed by atoms with E-state index in [2.05, 4.69) is 24.2 Å². The van der Waals surface area contributed by atoms with Gasteiger partial charge in [-0.3, -0.25) is 4.99 Å². The van der Waals surface area contributed by atoms with Crippen molar-refractivity contribution in [2.75, 3.05) is 11.9 Å². The molecule has 1 aromatic rings. The Hall–Kier alpha value is -1.55. The van der Waals surface area contributed by atoms with Gasteiger partial charge in [-0.2, -0.15) is 0 Å². The normalized spacial score (nSPS) is 21.4. The number of nitrogens with one attached hydrogen (secondary N) is 1. The summed E-state index contributed by atoms with van der Waals surface area (Å²) in [7, 11) is 0. The third-order valence-electron chi connectivity index (χ3n) is 4.12. The Balaban J connectivity index is 1.89. The van der Waals surface area contributed by atoms with Crippen molar-refractivity contribution in [3.05, 3.63) is 30.3 Å². The Bertz CT molecular complexity index is 458. The predicted molar refractivity (Wildman–Crippen MR) is 83.8 cm³/mol. The van der Waals surface area contributed by atoms with Crippen molar-refractivity contribution in [2.45, 2.75) is 45.1 Å². The molecule has 110 valence electrons. The molecule has 0 aliphatic heterocycles. The number of hydrogen-bond donors (Lipinski definition) is 3. The molecule has 0 atom stereocenters. The molecule has 0 aromatic heterocycles. The minimum Gasteiger partial charge on any atom is -0.388 e. The molecule has 1 fully saturated rings. The summed E-state index contributed by atoms with van der Waals surface area (Å²) < 4.78 is 0. The minimum atomic E-state index is -0.696. The molecular formula is C16H25N3O. The third-order valence-corrected chi connectivity index (χ3v) is 4.12. The van der Waals surface area contributed by atoms with Crippen LogP contribution in [0.3, 0.4) is 0 Å². The van der Waals surface area contributed by atoms with Crippen LogP contribution in [-0.4, -0.2) is 23.2 Å². The summed E-state index contributed by atoms with van der Waals surface area (Å²) in [4.78, 5) is 4.30. The number of para-hydroxylation sites is 1. The molecule has 1 aliphatic rings. The molecule has 0 amide bonds. The lowest BCUT2D eigenvalue weighted by Gasteiger charge is -2.39. The van der Waals surface area contributed by atoms with Crippen molar-refractivity contribution in [1.82, 2.24) is 0 Å². The number of hydrogen-bond acceptors (Lipinski definition) is 2. The first kappa shape index (κ1) is 14.9. The molecule has 4 heteroatoms. The van der Waals surface area contributed by atoms with Crippen molar-refractivity contribution in [1.29, 1.82) is 0 Å². The van der Waals surface area contributed by atoms with Crippen LogP contribution in [-0.2, 0) is 0 Å². The average Bonchev–Trinajstić information content (AvgIpc) is 2.42. The predicted octanol–water partition coefficient (Wildman–Crippen LogP) is 2.74. The van der Waals surface area contributed by atoms with Crippen molar-refractivity contribution in [3.8, 4) is 0 Å². The zero-order chi connectivity index (χ0) is 14.6. The molecule has 0 saturated heterocycles. The number of aliphatic imine (C=N–C) groups is 1. The molecule has 1 saturated carbocycles. The summed E-state index contributed by atoms with van der Waals surface area (Å²) in [6.07, 6.45) is 3.65. The lowest BCUT2D eigenvalue weighted by Crippen LogP contribution is -2.40. The zero-order valence-electron chi connectivity index (χ0n) is 12.4. The molecule has 1 aromatic carbocycles. The molecule has 1 aliphatic carbocycles. The second-order valence-electron chi connectivity index (χ2n) is 6.58. The van der Waals surface area contributed by atoms with E-state index in [-0.39, 0.29) is 0 Å². The molecule has 4 N–H and O–H groups in total. The number of aliphatic hydroxyl groups is 1. The number of anilines is 1. The van der Waals surface area contributed by atoms with Crippen molar-refractivity contribution in [3.63, 3.8) is 0 Å². The maximum atomic E-state index is 10.5. The van der Waals surface area contributed by atoms with Gasteiger partial charge in [0.15, 0.2) is 5.96 Å². The van der Waals surface area contributed by atoms with Gasteiger partial charge in [-0.15, -0.1) is 0 Å². The van der Waals surface area contributed by atoms with Crippen LogP contribution in [0.2, 0.25) is 0 Å². The van der Waals surface area contributed by atoms with Crippen LogP contribution in [0.25, 0.3) is 0 Å². The average molecular weight is 275 g/mol. The first-order chi connectivity index (χ1) is 9.39. The lowest BCUT2D eigenvalue weighted by atomic mass is 9.71. The summed E-state index contributed by atoms with van der Waals surface area (Å²) in [5.74, 6) is 0.356. The summed E-state index contributed by atoms with van der Waals surface area (Å²) >= 11 is 0. The van der Waals surface area contributed by atoms with Crippen LogP contribution in [0.4, 0.5) is 5.69 Å². The van der Waals surface area contributed by atoms with E-state index in [0.29, 0.717) is 17.9 Å². The van der Waals surface area contributed by atoms with E-state index in [1.807, 2.05) is 30.3 Å². The summed E-state index contributed by atoms with van der Waals surface area (Å²) in [6, 6.07) is 9.68. The smallest absolute Gasteiger partial charge is 0.193 e. The highest BCUT2D eigenvalue weighted by molar-refractivity contribution is 5.92. The molecule has 0 bridgehead atoms. The third kappa shape index (κ3) is 4.23. The van der Waals surface area contributed by atoms with Crippen molar-refractivity contribution < 1.29 is 5.11 Å². The van der Waals surface area contributed by atoms with Gasteiger partial charge >= 0.3 is 0 Å². The number of guanidine groups is 1. The molecule has 0 heterocycles. The second kappa shape index (κ2) is 5.83. The van der Waals surface area contributed by atoms with Crippen LogP contribution in [0, 0.1) is 5.41 Å². The largest absolute Gasteiger partial charge is 0.388 e. The minimum absolute atomic E-state index is 0.337. The number of nitrogens with two attached hydrogens (primary N) is 1. The molecule has 0 spiro atoms. The first-order valence-corrected chi connectivity index (χ1v) is 7.23. The maximum absolute atomic E-state index is 10.5. The Morgan fingerprint density at radius 1 is 1.20 bits per heavy atom. The topological polar surface area (TPSA) is 70.6 Å². The highest BCUT2D eigenvalue weighted by Crippen LogP contribution is 2.40. The second-order valence-corrected chi connectivity index (χ2v) is 6.58. The van der Waals surface area contributed by atoms with Gasteiger partial charge in [-0.05, 0) is 43.2 Å². The van der Waals surface area contributed by atoms with Gasteiger partial charge in [0.25, 0.3) is 0 Å². The van der Waals surface area contributed by atoms with E-state index >= 15 is 0 Å². The summed E-state index contributed by atoms with van der Waals surface area (Å²) in [5, 5.41) is 13.6. The molecular weight excluding hydrogens is 250 g/mol. The van der Waals surface area contributed by atoms with E-state index in [0.717, 1.165) is 31.4 Å². The Morgan fingerprint density at radius 2 is 1.80 bits per heavy atom. The molecule has 20 heavy (non-hydrogen) atoms. The standard InChI is InChI=1S/C16H25N3O/c1-15(2)8-10-16(20,11-9-15)12-18-14(17)19-13-6-4-3-5-7-13/h3-7,20H,8-12H2,1-2H3,(H3,17,18,19). The van der Waals surface area contributed by atoms with Crippen LogP contribution in [0.15, 0.2) is 35.3 Å². The fraction of sp³-hybridized carbons (Fsp3) is 0.562. The first-order valence-electron chi connectivity index (χ1n) is 7.23.